The van der Waals surface area contributed by atoms with Crippen molar-refractivity contribution in [1.29, 1.82) is 0 Å². The van der Waals surface area contributed by atoms with E-state index in [1.807, 2.05) is 19.2 Å². The monoisotopic (exact) mass is 459 g/mol. The predicted molar refractivity (Wildman–Crippen MR) is 132 cm³/mol. The number of aromatic carboxylic acids is 1. The average Bonchev–Trinajstić information content (AvgIpc) is 3.70. The summed E-state index contributed by atoms with van der Waals surface area (Å²) in [7, 11) is 2.04. The minimum Gasteiger partial charge on any atom is -0.493 e. The van der Waals surface area contributed by atoms with Crippen LogP contribution in [0.1, 0.15) is 41.1 Å². The van der Waals surface area contributed by atoms with Crippen molar-refractivity contribution in [3.63, 3.8) is 0 Å². The number of benzene rings is 2. The van der Waals surface area contributed by atoms with E-state index < -0.39 is 5.97 Å². The van der Waals surface area contributed by atoms with Crippen molar-refractivity contribution in [2.24, 2.45) is 5.92 Å². The standard InChI is InChI=1S/C27H29N3O4/c1-30(20-4-7-22(8-5-20)34-17-18-2-3-18)21-6-9-23-19(11-13-33-26(23)14-21)15-29-25-16-28-12-10-24(25)27(31)32/h4-10,12,14,16,18-19,29H,2-3,11,13,15,17H2,1H3,(H,31,32)/t19-/m0/s1. The molecule has 1 saturated carbocycles. The number of nitrogens with one attached hydrogen (secondary N) is 1. The van der Waals surface area contributed by atoms with Crippen LogP contribution in [0.4, 0.5) is 17.1 Å². The van der Waals surface area contributed by atoms with Gasteiger partial charge in [-0.3, -0.25) is 4.98 Å². The zero-order chi connectivity index (χ0) is 23.5. The van der Waals surface area contributed by atoms with E-state index in [0.717, 1.165) is 47.4 Å². The molecule has 0 spiro atoms. The van der Waals surface area contributed by atoms with Crippen LogP contribution in [0.5, 0.6) is 11.5 Å². The topological polar surface area (TPSA) is 83.9 Å². The summed E-state index contributed by atoms with van der Waals surface area (Å²) in [6, 6.07) is 16.0. The molecular formula is C27H29N3O4. The van der Waals surface area contributed by atoms with E-state index in [2.05, 4.69) is 45.5 Å². The second kappa shape index (κ2) is 9.63. The number of carboxylic acid groups (broad SMARTS) is 1. The number of rotatable bonds is 9. The van der Waals surface area contributed by atoms with Crippen LogP contribution in [-0.2, 0) is 0 Å². The SMILES string of the molecule is CN(c1ccc(OCC2CC2)cc1)c1ccc2c(c1)OCC[C@H]2CNc1cnccc1C(=O)O. The molecule has 2 N–H and O–H groups in total. The summed E-state index contributed by atoms with van der Waals surface area (Å²) in [6.07, 6.45) is 6.48. The molecule has 34 heavy (non-hydrogen) atoms. The van der Waals surface area contributed by atoms with Gasteiger partial charge < -0.3 is 24.8 Å². The van der Waals surface area contributed by atoms with Gasteiger partial charge in [0.05, 0.1) is 30.7 Å². The highest BCUT2D eigenvalue weighted by Crippen LogP contribution is 2.38. The molecule has 0 saturated heterocycles. The number of carboxylic acids is 1. The van der Waals surface area contributed by atoms with Gasteiger partial charge in [0.2, 0.25) is 0 Å². The van der Waals surface area contributed by atoms with Crippen LogP contribution in [0.25, 0.3) is 0 Å². The Morgan fingerprint density at radius 2 is 1.94 bits per heavy atom. The van der Waals surface area contributed by atoms with E-state index in [1.165, 1.54) is 25.1 Å². The van der Waals surface area contributed by atoms with Gasteiger partial charge in [0, 0.05) is 43.1 Å². The summed E-state index contributed by atoms with van der Waals surface area (Å²) in [5.41, 5.74) is 4.00. The number of fused-ring (bicyclic) bond motifs is 1. The molecule has 0 bridgehead atoms. The Labute approximate surface area is 199 Å². The van der Waals surface area contributed by atoms with E-state index in [4.69, 9.17) is 9.47 Å². The normalized spacial score (nSPS) is 16.8. The Bertz CT molecular complexity index is 1160. The molecule has 2 aliphatic rings. The molecule has 0 amide bonds. The second-order valence-electron chi connectivity index (χ2n) is 8.97. The molecule has 5 rings (SSSR count). The number of anilines is 3. The third kappa shape index (κ3) is 4.93. The number of hydrogen-bond donors (Lipinski definition) is 2. The van der Waals surface area contributed by atoms with Gasteiger partial charge in [-0.1, -0.05) is 6.07 Å². The van der Waals surface area contributed by atoms with Crippen molar-refractivity contribution < 1.29 is 19.4 Å². The van der Waals surface area contributed by atoms with Crippen molar-refractivity contribution in [2.75, 3.05) is 37.0 Å². The molecule has 2 heterocycles. The fraction of sp³-hybridized carbons (Fsp3) is 0.333. The highest BCUT2D eigenvalue weighted by atomic mass is 16.5. The lowest BCUT2D eigenvalue weighted by molar-refractivity contribution is 0.0697. The maximum Gasteiger partial charge on any atom is 0.337 e. The van der Waals surface area contributed by atoms with E-state index in [9.17, 15) is 9.90 Å². The molecule has 1 aliphatic carbocycles. The lowest BCUT2D eigenvalue weighted by Gasteiger charge is -2.28. The maximum absolute atomic E-state index is 11.5. The highest BCUT2D eigenvalue weighted by molar-refractivity contribution is 5.93. The first-order chi connectivity index (χ1) is 16.6. The van der Waals surface area contributed by atoms with Crippen LogP contribution in [0.2, 0.25) is 0 Å². The molecule has 1 atom stereocenters. The predicted octanol–water partition coefficient (Wildman–Crippen LogP) is 5.31. The smallest absolute Gasteiger partial charge is 0.337 e. The Balaban J connectivity index is 1.27. The zero-order valence-corrected chi connectivity index (χ0v) is 19.2. The van der Waals surface area contributed by atoms with Crippen LogP contribution >= 0.6 is 0 Å². The molecule has 1 aliphatic heterocycles. The lowest BCUT2D eigenvalue weighted by Crippen LogP contribution is -2.22. The maximum atomic E-state index is 11.5. The molecule has 1 fully saturated rings. The molecule has 2 aromatic carbocycles. The Kier molecular flexibility index (Phi) is 6.25. The van der Waals surface area contributed by atoms with Gasteiger partial charge in [0.15, 0.2) is 0 Å². The molecule has 176 valence electrons. The van der Waals surface area contributed by atoms with Crippen LogP contribution in [0.15, 0.2) is 60.9 Å². The fourth-order valence-electron chi connectivity index (χ4n) is 4.24. The number of aromatic nitrogens is 1. The quantitative estimate of drug-likeness (QED) is 0.448. The van der Waals surface area contributed by atoms with Crippen molar-refractivity contribution >= 4 is 23.0 Å². The Morgan fingerprint density at radius 1 is 1.15 bits per heavy atom. The molecule has 0 radical (unpaired) electrons. The fourth-order valence-corrected chi connectivity index (χ4v) is 4.24. The first kappa shape index (κ1) is 22.1. The van der Waals surface area contributed by atoms with Gasteiger partial charge in [-0.2, -0.15) is 0 Å². The summed E-state index contributed by atoms with van der Waals surface area (Å²) in [6.45, 7) is 2.05. The van der Waals surface area contributed by atoms with Gasteiger partial charge in [-0.05, 0) is 67.1 Å². The van der Waals surface area contributed by atoms with Gasteiger partial charge in [0.1, 0.15) is 11.5 Å². The van der Waals surface area contributed by atoms with Crippen LogP contribution in [0, 0.1) is 5.92 Å². The molecular weight excluding hydrogens is 430 g/mol. The number of nitrogens with zero attached hydrogens (tertiary/aromatic N) is 2. The van der Waals surface area contributed by atoms with E-state index in [-0.39, 0.29) is 11.5 Å². The summed E-state index contributed by atoms with van der Waals surface area (Å²) < 4.78 is 11.8. The summed E-state index contributed by atoms with van der Waals surface area (Å²) in [4.78, 5) is 17.7. The van der Waals surface area contributed by atoms with Gasteiger partial charge in [0.25, 0.3) is 0 Å². The summed E-state index contributed by atoms with van der Waals surface area (Å²) >= 11 is 0. The van der Waals surface area contributed by atoms with E-state index >= 15 is 0 Å². The van der Waals surface area contributed by atoms with Gasteiger partial charge in [-0.15, -0.1) is 0 Å². The number of carbonyl (C=O) groups is 1. The van der Waals surface area contributed by atoms with E-state index in [1.54, 1.807) is 6.20 Å². The highest BCUT2D eigenvalue weighted by Gasteiger charge is 2.24. The van der Waals surface area contributed by atoms with E-state index in [0.29, 0.717) is 18.8 Å². The van der Waals surface area contributed by atoms with Crippen molar-refractivity contribution in [1.82, 2.24) is 4.98 Å². The third-order valence-electron chi connectivity index (χ3n) is 6.55. The van der Waals surface area contributed by atoms with Crippen molar-refractivity contribution in [2.45, 2.75) is 25.2 Å². The summed E-state index contributed by atoms with van der Waals surface area (Å²) in [5, 5.41) is 12.7. The molecule has 7 heteroatoms. The molecule has 1 aromatic heterocycles. The second-order valence-corrected chi connectivity index (χ2v) is 8.97. The largest absolute Gasteiger partial charge is 0.493 e. The van der Waals surface area contributed by atoms with Crippen LogP contribution in [0.3, 0.4) is 0 Å². The minimum atomic E-state index is -0.965. The lowest BCUT2D eigenvalue weighted by atomic mass is 9.92. The number of hydrogen-bond acceptors (Lipinski definition) is 6. The number of pyridine rings is 1. The Hall–Kier alpha value is -3.74. The third-order valence-corrected chi connectivity index (χ3v) is 6.55. The first-order valence-corrected chi connectivity index (χ1v) is 11.7. The number of ether oxygens (including phenoxy) is 2. The Morgan fingerprint density at radius 3 is 2.71 bits per heavy atom. The molecule has 3 aromatic rings. The zero-order valence-electron chi connectivity index (χ0n) is 19.2. The van der Waals surface area contributed by atoms with Gasteiger partial charge >= 0.3 is 5.97 Å². The molecule has 0 unspecified atom stereocenters. The average molecular weight is 460 g/mol. The molecule has 7 nitrogen and oxygen atoms in total. The van der Waals surface area contributed by atoms with Gasteiger partial charge in [-0.25, -0.2) is 4.79 Å². The van der Waals surface area contributed by atoms with Crippen LogP contribution < -0.4 is 19.7 Å². The minimum absolute atomic E-state index is 0.216. The summed E-state index contributed by atoms with van der Waals surface area (Å²) in [5.74, 6) is 1.77. The van der Waals surface area contributed by atoms with Crippen molar-refractivity contribution in [3.8, 4) is 11.5 Å². The van der Waals surface area contributed by atoms with Crippen molar-refractivity contribution in [3.05, 3.63) is 72.1 Å². The first-order valence-electron chi connectivity index (χ1n) is 11.7. The van der Waals surface area contributed by atoms with Crippen LogP contribution in [-0.4, -0.2) is 42.9 Å².